The molecule has 0 radical (unpaired) electrons. The second-order valence-corrected chi connectivity index (χ2v) is 7.40. The van der Waals surface area contributed by atoms with Crippen LogP contribution in [-0.2, 0) is 16.1 Å². The summed E-state index contributed by atoms with van der Waals surface area (Å²) in [5.74, 6) is 0.843. The summed E-state index contributed by atoms with van der Waals surface area (Å²) in [4.78, 5) is 17.3. The Labute approximate surface area is 181 Å². The summed E-state index contributed by atoms with van der Waals surface area (Å²) in [6.07, 6.45) is 1.94. The first-order valence-electron chi connectivity index (χ1n) is 9.68. The lowest BCUT2D eigenvalue weighted by molar-refractivity contribution is -0.138. The number of hydrogen-bond acceptors (Lipinski definition) is 7. The summed E-state index contributed by atoms with van der Waals surface area (Å²) in [6, 6.07) is 15.1. The molecule has 1 atom stereocenters. The van der Waals surface area contributed by atoms with Crippen molar-refractivity contribution in [3.8, 4) is 11.5 Å². The van der Waals surface area contributed by atoms with Crippen LogP contribution >= 0.6 is 11.8 Å². The van der Waals surface area contributed by atoms with E-state index in [0.717, 1.165) is 22.0 Å². The van der Waals surface area contributed by atoms with Gasteiger partial charge in [-0.15, -0.1) is 0 Å². The van der Waals surface area contributed by atoms with Crippen LogP contribution in [-0.4, -0.2) is 31.1 Å². The van der Waals surface area contributed by atoms with Crippen molar-refractivity contribution in [2.75, 3.05) is 20.0 Å². The van der Waals surface area contributed by atoms with Crippen molar-refractivity contribution >= 4 is 22.9 Å². The minimum atomic E-state index is -0.482. The van der Waals surface area contributed by atoms with E-state index in [4.69, 9.17) is 19.2 Å². The number of rotatable bonds is 7. The lowest BCUT2D eigenvalue weighted by Gasteiger charge is -2.25. The number of benzene rings is 2. The van der Waals surface area contributed by atoms with Crippen molar-refractivity contribution in [1.29, 1.82) is 0 Å². The molecule has 1 aliphatic heterocycles. The topological polar surface area (TPSA) is 69.2 Å². The first kappa shape index (κ1) is 21.8. The SMILES string of the molecule is CCOC(=O)C1=C(C)NC(SC)=N[C@@H]1c1ccc(OCc2ccccc2)c(OC)c1. The van der Waals surface area contributed by atoms with Gasteiger partial charge in [-0.1, -0.05) is 48.2 Å². The van der Waals surface area contributed by atoms with Crippen LogP contribution < -0.4 is 14.8 Å². The maximum Gasteiger partial charge on any atom is 0.338 e. The fraction of sp³-hybridized carbons (Fsp3) is 0.304. The molecule has 30 heavy (non-hydrogen) atoms. The van der Waals surface area contributed by atoms with Gasteiger partial charge in [0.1, 0.15) is 12.6 Å². The van der Waals surface area contributed by atoms with Crippen molar-refractivity contribution in [3.05, 3.63) is 70.9 Å². The molecule has 0 aromatic heterocycles. The number of esters is 1. The van der Waals surface area contributed by atoms with Crippen molar-refractivity contribution in [1.82, 2.24) is 5.32 Å². The zero-order valence-corrected chi connectivity index (χ0v) is 18.4. The van der Waals surface area contributed by atoms with Crippen LogP contribution in [0.2, 0.25) is 0 Å². The first-order chi connectivity index (χ1) is 14.6. The molecule has 3 rings (SSSR count). The van der Waals surface area contributed by atoms with Crippen molar-refractivity contribution in [2.24, 2.45) is 4.99 Å². The van der Waals surface area contributed by atoms with E-state index in [1.807, 2.05) is 61.7 Å². The van der Waals surface area contributed by atoms with Crippen molar-refractivity contribution in [3.63, 3.8) is 0 Å². The lowest BCUT2D eigenvalue weighted by Crippen LogP contribution is -2.30. The number of hydrogen-bond donors (Lipinski definition) is 1. The highest BCUT2D eigenvalue weighted by Crippen LogP contribution is 2.37. The van der Waals surface area contributed by atoms with Gasteiger partial charge in [0, 0.05) is 5.70 Å². The molecule has 0 amide bonds. The maximum atomic E-state index is 12.6. The van der Waals surface area contributed by atoms with E-state index in [1.165, 1.54) is 11.8 Å². The Morgan fingerprint density at radius 3 is 2.60 bits per heavy atom. The molecule has 0 saturated heterocycles. The number of nitrogens with one attached hydrogen (secondary N) is 1. The fourth-order valence-electron chi connectivity index (χ4n) is 3.17. The molecule has 7 heteroatoms. The number of ether oxygens (including phenoxy) is 3. The molecule has 0 saturated carbocycles. The number of carbonyl (C=O) groups excluding carboxylic acids is 1. The lowest BCUT2D eigenvalue weighted by atomic mass is 9.96. The average Bonchev–Trinajstić information content (AvgIpc) is 2.77. The number of methoxy groups -OCH3 is 1. The molecule has 0 unspecified atom stereocenters. The summed E-state index contributed by atoms with van der Waals surface area (Å²) in [5.41, 5.74) is 3.13. The molecular formula is C23H26N2O4S. The van der Waals surface area contributed by atoms with Crippen LogP contribution in [0.25, 0.3) is 0 Å². The van der Waals surface area contributed by atoms with Gasteiger partial charge < -0.3 is 19.5 Å². The Bertz CT molecular complexity index is 957. The number of nitrogens with zero attached hydrogens (tertiary/aromatic N) is 1. The van der Waals surface area contributed by atoms with Crippen LogP contribution in [0.1, 0.15) is 31.0 Å². The monoisotopic (exact) mass is 426 g/mol. The molecule has 6 nitrogen and oxygen atoms in total. The van der Waals surface area contributed by atoms with Gasteiger partial charge in [0.15, 0.2) is 16.7 Å². The van der Waals surface area contributed by atoms with Crippen molar-refractivity contribution in [2.45, 2.75) is 26.5 Å². The molecule has 2 aromatic carbocycles. The van der Waals surface area contributed by atoms with E-state index in [-0.39, 0.29) is 5.97 Å². The third kappa shape index (κ3) is 4.97. The van der Waals surface area contributed by atoms with Gasteiger partial charge in [-0.3, -0.25) is 0 Å². The van der Waals surface area contributed by atoms with Gasteiger partial charge in [-0.25, -0.2) is 9.79 Å². The van der Waals surface area contributed by atoms with E-state index in [2.05, 4.69) is 5.32 Å². The highest BCUT2D eigenvalue weighted by Gasteiger charge is 2.30. The molecule has 1 N–H and O–H groups in total. The van der Waals surface area contributed by atoms with E-state index < -0.39 is 6.04 Å². The quantitative estimate of drug-likeness (QED) is 0.659. The summed E-state index contributed by atoms with van der Waals surface area (Å²) in [6.45, 7) is 4.39. The number of aliphatic imine (C=N–C) groups is 1. The minimum absolute atomic E-state index is 0.303. The van der Waals surface area contributed by atoms with E-state index >= 15 is 0 Å². The molecule has 1 heterocycles. The highest BCUT2D eigenvalue weighted by molar-refractivity contribution is 8.13. The Morgan fingerprint density at radius 1 is 1.17 bits per heavy atom. The Morgan fingerprint density at radius 2 is 1.93 bits per heavy atom. The van der Waals surface area contributed by atoms with E-state index in [0.29, 0.717) is 30.3 Å². The van der Waals surface area contributed by atoms with Crippen LogP contribution in [0.15, 0.2) is 64.8 Å². The molecule has 0 bridgehead atoms. The molecule has 0 fully saturated rings. The summed E-state index contributed by atoms with van der Waals surface area (Å²) in [7, 11) is 1.60. The Balaban J connectivity index is 1.91. The average molecular weight is 427 g/mol. The normalized spacial score (nSPS) is 15.9. The van der Waals surface area contributed by atoms with Gasteiger partial charge in [-0.2, -0.15) is 0 Å². The Kier molecular flexibility index (Phi) is 7.41. The van der Waals surface area contributed by atoms with Gasteiger partial charge in [0.25, 0.3) is 0 Å². The standard InChI is InChI=1S/C23H26N2O4S/c1-5-28-22(26)20-15(2)24-23(30-4)25-21(20)17-11-12-18(19(13-17)27-3)29-14-16-9-7-6-8-10-16/h6-13,21H,5,14H2,1-4H3,(H,24,25)/t21-/m1/s1. The second kappa shape index (κ2) is 10.2. The van der Waals surface area contributed by atoms with Crippen LogP contribution in [0.3, 0.4) is 0 Å². The predicted molar refractivity (Wildman–Crippen MR) is 120 cm³/mol. The number of thioether (sulfide) groups is 1. The molecule has 1 aliphatic rings. The second-order valence-electron chi connectivity index (χ2n) is 6.61. The molecular weight excluding hydrogens is 400 g/mol. The first-order valence-corrected chi connectivity index (χ1v) is 10.9. The zero-order valence-electron chi connectivity index (χ0n) is 17.6. The molecule has 158 valence electrons. The molecule has 0 aliphatic carbocycles. The largest absolute Gasteiger partial charge is 0.493 e. The smallest absolute Gasteiger partial charge is 0.338 e. The Hall–Kier alpha value is -2.93. The van der Waals surface area contributed by atoms with Gasteiger partial charge in [0.2, 0.25) is 0 Å². The fourth-order valence-corrected chi connectivity index (χ4v) is 3.64. The summed E-state index contributed by atoms with van der Waals surface area (Å²) < 4.78 is 16.8. The summed E-state index contributed by atoms with van der Waals surface area (Å²) in [5, 5.41) is 3.91. The highest BCUT2D eigenvalue weighted by atomic mass is 32.2. The van der Waals surface area contributed by atoms with Crippen LogP contribution in [0, 0.1) is 0 Å². The minimum Gasteiger partial charge on any atom is -0.493 e. The third-order valence-corrected chi connectivity index (χ3v) is 5.24. The van der Waals surface area contributed by atoms with Gasteiger partial charge >= 0.3 is 5.97 Å². The number of carbonyl (C=O) groups is 1. The maximum absolute atomic E-state index is 12.6. The molecule has 0 spiro atoms. The van der Waals surface area contributed by atoms with Crippen LogP contribution in [0.5, 0.6) is 11.5 Å². The van der Waals surface area contributed by atoms with Crippen LogP contribution in [0.4, 0.5) is 0 Å². The number of amidine groups is 1. The van der Waals surface area contributed by atoms with Crippen molar-refractivity contribution < 1.29 is 19.0 Å². The summed E-state index contributed by atoms with van der Waals surface area (Å²) >= 11 is 1.49. The molecule has 2 aromatic rings. The zero-order chi connectivity index (χ0) is 21.5. The van der Waals surface area contributed by atoms with E-state index in [9.17, 15) is 4.79 Å². The number of allylic oxidation sites excluding steroid dienone is 1. The predicted octanol–water partition coefficient (Wildman–Crippen LogP) is 4.47. The van der Waals surface area contributed by atoms with Gasteiger partial charge in [-0.05, 0) is 43.4 Å². The third-order valence-electron chi connectivity index (χ3n) is 4.65. The van der Waals surface area contributed by atoms with Gasteiger partial charge in [0.05, 0.1) is 19.3 Å². The van der Waals surface area contributed by atoms with E-state index in [1.54, 1.807) is 14.0 Å².